The van der Waals surface area contributed by atoms with Crippen molar-refractivity contribution < 1.29 is 9.59 Å². The van der Waals surface area contributed by atoms with Crippen molar-refractivity contribution in [1.29, 1.82) is 0 Å². The Morgan fingerprint density at radius 3 is 2.71 bits per heavy atom. The average Bonchev–Trinajstić information content (AvgIpc) is 2.86. The molecule has 6 nitrogen and oxygen atoms in total. The lowest BCUT2D eigenvalue weighted by Crippen LogP contribution is -2.54. The molecule has 1 spiro atoms. The molecule has 24 heavy (non-hydrogen) atoms. The third-order valence-corrected chi connectivity index (χ3v) is 5.61. The fourth-order valence-corrected chi connectivity index (χ4v) is 3.99. The Morgan fingerprint density at radius 2 is 2.00 bits per heavy atom. The van der Waals surface area contributed by atoms with E-state index in [0.29, 0.717) is 12.8 Å². The van der Waals surface area contributed by atoms with Gasteiger partial charge >= 0.3 is 6.03 Å². The molecule has 2 N–H and O–H groups in total. The number of carbonyl (C=O) groups excluding carboxylic acids is 2. The fraction of sp³-hybridized carbons (Fsp3) is 0.353. The molecule has 0 radical (unpaired) electrons. The van der Waals surface area contributed by atoms with Gasteiger partial charge in [0, 0.05) is 35.7 Å². The highest BCUT2D eigenvalue weighted by molar-refractivity contribution is 9.10. The lowest BCUT2D eigenvalue weighted by atomic mass is 9.87. The van der Waals surface area contributed by atoms with E-state index in [9.17, 15) is 9.59 Å². The van der Waals surface area contributed by atoms with E-state index in [2.05, 4.69) is 54.6 Å². The van der Waals surface area contributed by atoms with Crippen LogP contribution in [0.2, 0.25) is 0 Å². The number of halogens is 1. The van der Waals surface area contributed by atoms with Crippen LogP contribution in [-0.2, 0) is 11.3 Å². The molecular formula is C17H17BrN4O2. The summed E-state index contributed by atoms with van der Waals surface area (Å²) in [4.78, 5) is 30.2. The average molecular weight is 389 g/mol. The molecule has 2 fully saturated rings. The van der Waals surface area contributed by atoms with E-state index in [0.717, 1.165) is 35.0 Å². The van der Waals surface area contributed by atoms with E-state index in [1.54, 1.807) is 0 Å². The van der Waals surface area contributed by atoms with E-state index >= 15 is 0 Å². The maximum absolute atomic E-state index is 12.0. The number of carbonyl (C=O) groups is 2. The van der Waals surface area contributed by atoms with Crippen molar-refractivity contribution in [2.75, 3.05) is 13.1 Å². The van der Waals surface area contributed by atoms with Crippen LogP contribution in [-0.4, -0.2) is 40.5 Å². The van der Waals surface area contributed by atoms with Crippen LogP contribution in [0.1, 0.15) is 18.4 Å². The van der Waals surface area contributed by atoms with E-state index < -0.39 is 5.54 Å². The van der Waals surface area contributed by atoms with Crippen molar-refractivity contribution in [1.82, 2.24) is 20.5 Å². The Morgan fingerprint density at radius 1 is 1.21 bits per heavy atom. The number of benzene rings is 1. The first kappa shape index (κ1) is 15.5. The van der Waals surface area contributed by atoms with Crippen LogP contribution in [0.3, 0.4) is 0 Å². The van der Waals surface area contributed by atoms with E-state index in [-0.39, 0.29) is 11.9 Å². The molecule has 7 heteroatoms. The molecule has 124 valence electrons. The van der Waals surface area contributed by atoms with Gasteiger partial charge < -0.3 is 5.32 Å². The normalized spacial score (nSPS) is 20.4. The van der Waals surface area contributed by atoms with Crippen LogP contribution in [0, 0.1) is 0 Å². The smallest absolute Gasteiger partial charge is 0.322 e. The van der Waals surface area contributed by atoms with E-state index in [1.807, 2.05) is 12.3 Å². The summed E-state index contributed by atoms with van der Waals surface area (Å²) in [6.45, 7) is 2.31. The van der Waals surface area contributed by atoms with Gasteiger partial charge in [-0.3, -0.25) is 20.0 Å². The van der Waals surface area contributed by atoms with Crippen LogP contribution in [0.15, 0.2) is 34.9 Å². The van der Waals surface area contributed by atoms with Gasteiger partial charge in [0.25, 0.3) is 5.91 Å². The second-order valence-corrected chi connectivity index (χ2v) is 7.23. The molecule has 0 aliphatic carbocycles. The van der Waals surface area contributed by atoms with E-state index in [1.165, 1.54) is 5.56 Å². The van der Waals surface area contributed by atoms with Crippen molar-refractivity contribution in [2.24, 2.45) is 0 Å². The Kier molecular flexibility index (Phi) is 3.77. The summed E-state index contributed by atoms with van der Waals surface area (Å²) in [5.74, 6) is -0.192. The lowest BCUT2D eigenvalue weighted by molar-refractivity contribution is -0.125. The summed E-state index contributed by atoms with van der Waals surface area (Å²) in [6, 6.07) is 7.75. The number of piperidine rings is 1. The monoisotopic (exact) mass is 388 g/mol. The van der Waals surface area contributed by atoms with Crippen molar-refractivity contribution in [2.45, 2.75) is 24.9 Å². The maximum atomic E-state index is 12.0. The molecule has 2 aromatic rings. The van der Waals surface area contributed by atoms with Crippen LogP contribution in [0.25, 0.3) is 10.9 Å². The molecule has 0 saturated carbocycles. The molecule has 1 aromatic carbocycles. The van der Waals surface area contributed by atoms with E-state index in [4.69, 9.17) is 0 Å². The standard InChI is InChI=1S/C17H17BrN4O2/c18-13-4-3-11(14-12(13)2-1-7-19-14)10-22-8-5-17(6-9-22)15(23)20-16(24)21-17/h1-4,7H,5-6,8-10H2,(H2,20,21,23,24). The van der Waals surface area contributed by atoms with Crippen LogP contribution < -0.4 is 10.6 Å². The number of imide groups is 1. The molecule has 0 unspecified atom stereocenters. The van der Waals surface area contributed by atoms with Gasteiger partial charge in [-0.2, -0.15) is 0 Å². The van der Waals surface area contributed by atoms with Gasteiger partial charge in [0.1, 0.15) is 5.54 Å². The van der Waals surface area contributed by atoms with Crippen LogP contribution in [0.4, 0.5) is 4.79 Å². The molecule has 2 aliphatic heterocycles. The van der Waals surface area contributed by atoms with Gasteiger partial charge in [-0.15, -0.1) is 0 Å². The Hall–Kier alpha value is -1.99. The number of rotatable bonds is 2. The first-order valence-electron chi connectivity index (χ1n) is 7.95. The van der Waals surface area contributed by atoms with Gasteiger partial charge in [0.15, 0.2) is 0 Å². The van der Waals surface area contributed by atoms with Crippen molar-refractivity contribution in [3.63, 3.8) is 0 Å². The number of hydrogen-bond donors (Lipinski definition) is 2. The number of likely N-dealkylation sites (tertiary alicyclic amines) is 1. The Labute approximate surface area is 147 Å². The largest absolute Gasteiger partial charge is 0.323 e. The quantitative estimate of drug-likeness (QED) is 0.773. The van der Waals surface area contributed by atoms with Gasteiger partial charge in [0.05, 0.1) is 5.52 Å². The zero-order valence-electron chi connectivity index (χ0n) is 13.0. The number of nitrogens with one attached hydrogen (secondary N) is 2. The summed E-state index contributed by atoms with van der Waals surface area (Å²) in [6.07, 6.45) is 3.07. The summed E-state index contributed by atoms with van der Waals surface area (Å²) in [5, 5.41) is 6.25. The number of aromatic nitrogens is 1. The van der Waals surface area contributed by atoms with Gasteiger partial charge in [-0.1, -0.05) is 28.1 Å². The fourth-order valence-electron chi connectivity index (χ4n) is 3.54. The number of urea groups is 1. The molecule has 3 amide bonds. The predicted octanol–water partition coefficient (Wildman–Crippen LogP) is 2.17. The highest BCUT2D eigenvalue weighted by atomic mass is 79.9. The van der Waals surface area contributed by atoms with Crippen molar-refractivity contribution in [3.8, 4) is 0 Å². The topological polar surface area (TPSA) is 74.3 Å². The Bertz CT molecular complexity index is 830. The molecule has 3 heterocycles. The second-order valence-electron chi connectivity index (χ2n) is 6.37. The third-order valence-electron chi connectivity index (χ3n) is 4.92. The molecule has 0 bridgehead atoms. The summed E-state index contributed by atoms with van der Waals surface area (Å²) >= 11 is 3.57. The third kappa shape index (κ3) is 2.57. The van der Waals surface area contributed by atoms with Crippen molar-refractivity contribution >= 4 is 38.8 Å². The first-order valence-corrected chi connectivity index (χ1v) is 8.75. The molecule has 4 rings (SSSR count). The summed E-state index contributed by atoms with van der Waals surface area (Å²) in [5.41, 5.74) is 1.46. The number of pyridine rings is 1. The predicted molar refractivity (Wildman–Crippen MR) is 93.4 cm³/mol. The van der Waals surface area contributed by atoms with Crippen LogP contribution >= 0.6 is 15.9 Å². The number of hydrogen-bond acceptors (Lipinski definition) is 4. The first-order chi connectivity index (χ1) is 11.6. The minimum Gasteiger partial charge on any atom is -0.323 e. The summed E-state index contributed by atoms with van der Waals surface area (Å²) < 4.78 is 1.04. The zero-order valence-corrected chi connectivity index (χ0v) is 14.6. The molecule has 2 saturated heterocycles. The van der Waals surface area contributed by atoms with Gasteiger partial charge in [0.2, 0.25) is 0 Å². The number of fused-ring (bicyclic) bond motifs is 1. The Balaban J connectivity index is 1.51. The lowest BCUT2D eigenvalue weighted by Gasteiger charge is -2.37. The maximum Gasteiger partial charge on any atom is 0.322 e. The minimum atomic E-state index is -0.715. The number of amides is 3. The highest BCUT2D eigenvalue weighted by Gasteiger charge is 2.47. The SMILES string of the molecule is O=C1NC(=O)C2(CCN(Cc3ccc(Br)c4cccnc34)CC2)N1. The van der Waals surface area contributed by atoms with Crippen molar-refractivity contribution in [3.05, 3.63) is 40.5 Å². The minimum absolute atomic E-state index is 0.192. The molecule has 0 atom stereocenters. The van der Waals surface area contributed by atoms with Gasteiger partial charge in [-0.25, -0.2) is 4.79 Å². The molecule has 1 aromatic heterocycles. The summed E-state index contributed by atoms with van der Waals surface area (Å²) in [7, 11) is 0. The second kappa shape index (κ2) is 5.82. The zero-order chi connectivity index (χ0) is 16.7. The molecular weight excluding hydrogens is 372 g/mol. The van der Waals surface area contributed by atoms with Gasteiger partial charge in [-0.05, 0) is 30.5 Å². The molecule has 2 aliphatic rings. The number of nitrogens with zero attached hydrogens (tertiary/aromatic N) is 2. The van der Waals surface area contributed by atoms with Crippen LogP contribution in [0.5, 0.6) is 0 Å². The highest BCUT2D eigenvalue weighted by Crippen LogP contribution is 2.29.